The van der Waals surface area contributed by atoms with Crippen molar-refractivity contribution in [3.05, 3.63) is 40.6 Å². The van der Waals surface area contributed by atoms with Gasteiger partial charge in [-0.05, 0) is 25.0 Å². The zero-order valence-electron chi connectivity index (χ0n) is 12.7. The molecule has 0 spiro atoms. The van der Waals surface area contributed by atoms with E-state index in [-0.39, 0.29) is 16.8 Å². The van der Waals surface area contributed by atoms with Crippen molar-refractivity contribution >= 4 is 23.4 Å². The van der Waals surface area contributed by atoms with Gasteiger partial charge in [-0.1, -0.05) is 30.8 Å². The first-order valence-corrected chi connectivity index (χ1v) is 8.37. The normalized spacial score (nSPS) is 17.9. The standard InChI is InChI=1S/C15H17FN4O2S/c1-2-8-20-14(22)17-18-15(20)23-12-7-9-19(13(12)21)11-6-4-3-5-10(11)16/h3-6,12H,2,7-9H2,1H3,(H,17,22)/t12-/m0/s1. The molecule has 1 aromatic carbocycles. The van der Waals surface area contributed by atoms with Crippen LogP contribution in [0, 0.1) is 5.82 Å². The molecule has 1 amide bonds. The molecule has 2 heterocycles. The zero-order chi connectivity index (χ0) is 16.4. The lowest BCUT2D eigenvalue weighted by atomic mass is 10.3. The fraction of sp³-hybridized carbons (Fsp3) is 0.400. The number of carbonyl (C=O) groups is 1. The van der Waals surface area contributed by atoms with Crippen LogP contribution in [0.15, 0.2) is 34.2 Å². The van der Waals surface area contributed by atoms with Crippen LogP contribution in [0.2, 0.25) is 0 Å². The molecule has 0 bridgehead atoms. The molecule has 0 radical (unpaired) electrons. The van der Waals surface area contributed by atoms with Gasteiger partial charge in [0.1, 0.15) is 5.82 Å². The van der Waals surface area contributed by atoms with Crippen LogP contribution >= 0.6 is 11.8 Å². The van der Waals surface area contributed by atoms with E-state index in [1.54, 1.807) is 18.2 Å². The third-order valence-corrected chi connectivity index (χ3v) is 4.96. The summed E-state index contributed by atoms with van der Waals surface area (Å²) in [6, 6.07) is 6.25. The number of H-pyrrole nitrogens is 1. The van der Waals surface area contributed by atoms with Crippen LogP contribution in [0.25, 0.3) is 0 Å². The molecule has 0 saturated carbocycles. The zero-order valence-corrected chi connectivity index (χ0v) is 13.5. The Morgan fingerprint density at radius 3 is 2.91 bits per heavy atom. The van der Waals surface area contributed by atoms with Gasteiger partial charge in [-0.25, -0.2) is 14.3 Å². The van der Waals surface area contributed by atoms with Crippen LogP contribution in [0.4, 0.5) is 10.1 Å². The topological polar surface area (TPSA) is 71.0 Å². The highest BCUT2D eigenvalue weighted by molar-refractivity contribution is 8.00. The molecule has 1 N–H and O–H groups in total. The number of hydrogen-bond donors (Lipinski definition) is 1. The van der Waals surface area contributed by atoms with Crippen molar-refractivity contribution in [2.24, 2.45) is 0 Å². The van der Waals surface area contributed by atoms with Crippen molar-refractivity contribution in [1.82, 2.24) is 14.8 Å². The molecule has 8 heteroatoms. The molecule has 1 aliphatic heterocycles. The molecule has 3 rings (SSSR count). The lowest BCUT2D eigenvalue weighted by Crippen LogP contribution is -2.29. The van der Waals surface area contributed by atoms with E-state index in [0.717, 1.165) is 6.42 Å². The first-order valence-electron chi connectivity index (χ1n) is 7.49. The molecule has 2 aromatic rings. The largest absolute Gasteiger partial charge is 0.343 e. The van der Waals surface area contributed by atoms with Crippen LogP contribution in [0.3, 0.4) is 0 Å². The van der Waals surface area contributed by atoms with Gasteiger partial charge in [0, 0.05) is 13.1 Å². The maximum Gasteiger partial charge on any atom is 0.343 e. The van der Waals surface area contributed by atoms with E-state index in [2.05, 4.69) is 10.2 Å². The Hall–Kier alpha value is -2.09. The Labute approximate surface area is 136 Å². The number of halogens is 1. The SMILES string of the molecule is CCCn1c(S[C@H]2CCN(c3ccccc3F)C2=O)n[nH]c1=O. The lowest BCUT2D eigenvalue weighted by molar-refractivity contribution is -0.116. The molecule has 1 saturated heterocycles. The summed E-state index contributed by atoms with van der Waals surface area (Å²) in [4.78, 5) is 25.7. The van der Waals surface area contributed by atoms with E-state index in [4.69, 9.17) is 0 Å². The Morgan fingerprint density at radius 1 is 1.39 bits per heavy atom. The third kappa shape index (κ3) is 3.03. The van der Waals surface area contributed by atoms with E-state index < -0.39 is 5.82 Å². The second-order valence-electron chi connectivity index (χ2n) is 5.30. The molecule has 23 heavy (non-hydrogen) atoms. The molecule has 1 aromatic heterocycles. The number of aromatic nitrogens is 3. The minimum absolute atomic E-state index is 0.154. The Kier molecular flexibility index (Phi) is 4.51. The molecule has 6 nitrogen and oxygen atoms in total. The number of hydrogen-bond acceptors (Lipinski definition) is 4. The number of para-hydroxylation sites is 1. The second-order valence-corrected chi connectivity index (χ2v) is 6.47. The molecule has 1 aliphatic rings. The highest BCUT2D eigenvalue weighted by atomic mass is 32.2. The Morgan fingerprint density at radius 2 is 2.17 bits per heavy atom. The fourth-order valence-electron chi connectivity index (χ4n) is 2.61. The molecule has 122 valence electrons. The fourth-order valence-corrected chi connectivity index (χ4v) is 3.72. The van der Waals surface area contributed by atoms with E-state index in [9.17, 15) is 14.0 Å². The van der Waals surface area contributed by atoms with Gasteiger partial charge in [-0.15, -0.1) is 5.10 Å². The van der Waals surface area contributed by atoms with Gasteiger partial charge in [0.2, 0.25) is 5.91 Å². The summed E-state index contributed by atoms with van der Waals surface area (Å²) >= 11 is 1.26. The summed E-state index contributed by atoms with van der Waals surface area (Å²) < 4.78 is 15.4. The van der Waals surface area contributed by atoms with Crippen LogP contribution in [-0.4, -0.2) is 32.5 Å². The van der Waals surface area contributed by atoms with Crippen LogP contribution in [0.1, 0.15) is 19.8 Å². The summed E-state index contributed by atoms with van der Waals surface area (Å²) in [6.45, 7) is 2.98. The first-order chi connectivity index (χ1) is 11.1. The van der Waals surface area contributed by atoms with Gasteiger partial charge < -0.3 is 4.90 Å². The number of anilines is 1. The van der Waals surface area contributed by atoms with Crippen molar-refractivity contribution in [2.75, 3.05) is 11.4 Å². The highest BCUT2D eigenvalue weighted by Crippen LogP contribution is 2.32. The molecule has 1 fully saturated rings. The quantitative estimate of drug-likeness (QED) is 0.907. The number of amides is 1. The maximum atomic E-state index is 13.9. The van der Waals surface area contributed by atoms with Crippen molar-refractivity contribution in [2.45, 2.75) is 36.7 Å². The van der Waals surface area contributed by atoms with Gasteiger partial charge in [0.25, 0.3) is 0 Å². The molecule has 0 unspecified atom stereocenters. The number of benzene rings is 1. The molecule has 1 atom stereocenters. The Balaban J connectivity index is 1.78. The average Bonchev–Trinajstić information content (AvgIpc) is 3.06. The summed E-state index contributed by atoms with van der Waals surface area (Å²) in [5, 5.41) is 6.55. The van der Waals surface area contributed by atoms with Gasteiger partial charge in [0.15, 0.2) is 5.16 Å². The van der Waals surface area contributed by atoms with Crippen LogP contribution in [0.5, 0.6) is 0 Å². The number of carbonyl (C=O) groups excluding carboxylic acids is 1. The average molecular weight is 336 g/mol. The van der Waals surface area contributed by atoms with Crippen molar-refractivity contribution < 1.29 is 9.18 Å². The molecular weight excluding hydrogens is 319 g/mol. The monoisotopic (exact) mass is 336 g/mol. The summed E-state index contributed by atoms with van der Waals surface area (Å²) in [6.07, 6.45) is 1.39. The minimum Gasteiger partial charge on any atom is -0.309 e. The Bertz CT molecular complexity index is 773. The first kappa shape index (κ1) is 15.8. The molecular formula is C15H17FN4O2S. The number of nitrogens with one attached hydrogen (secondary N) is 1. The van der Waals surface area contributed by atoms with Crippen molar-refractivity contribution in [3.63, 3.8) is 0 Å². The van der Waals surface area contributed by atoms with E-state index in [1.165, 1.54) is 27.3 Å². The van der Waals surface area contributed by atoms with E-state index in [1.807, 2.05) is 6.92 Å². The highest BCUT2D eigenvalue weighted by Gasteiger charge is 2.35. The second kappa shape index (κ2) is 6.57. The summed E-state index contributed by atoms with van der Waals surface area (Å²) in [5.74, 6) is -0.562. The third-order valence-electron chi connectivity index (χ3n) is 3.72. The van der Waals surface area contributed by atoms with E-state index in [0.29, 0.717) is 30.4 Å². The van der Waals surface area contributed by atoms with Crippen LogP contribution in [-0.2, 0) is 11.3 Å². The summed E-state index contributed by atoms with van der Waals surface area (Å²) in [5.41, 5.74) is 0.0272. The van der Waals surface area contributed by atoms with Crippen molar-refractivity contribution in [3.8, 4) is 0 Å². The predicted molar refractivity (Wildman–Crippen MR) is 86.2 cm³/mol. The number of aromatic amines is 1. The van der Waals surface area contributed by atoms with Gasteiger partial charge >= 0.3 is 5.69 Å². The van der Waals surface area contributed by atoms with E-state index >= 15 is 0 Å². The number of thioether (sulfide) groups is 1. The minimum atomic E-state index is -0.408. The number of nitrogens with zero attached hydrogens (tertiary/aromatic N) is 3. The summed E-state index contributed by atoms with van der Waals surface area (Å²) in [7, 11) is 0. The van der Waals surface area contributed by atoms with Gasteiger partial charge in [-0.2, -0.15) is 0 Å². The lowest BCUT2D eigenvalue weighted by Gasteiger charge is -2.17. The molecule has 0 aliphatic carbocycles. The van der Waals surface area contributed by atoms with Gasteiger partial charge in [-0.3, -0.25) is 9.36 Å². The smallest absolute Gasteiger partial charge is 0.309 e. The van der Waals surface area contributed by atoms with Crippen molar-refractivity contribution in [1.29, 1.82) is 0 Å². The number of rotatable bonds is 5. The van der Waals surface area contributed by atoms with Gasteiger partial charge in [0.05, 0.1) is 10.9 Å². The van der Waals surface area contributed by atoms with Crippen LogP contribution < -0.4 is 10.6 Å². The predicted octanol–water partition coefficient (Wildman–Crippen LogP) is 2.02. The maximum absolute atomic E-state index is 13.9.